The van der Waals surface area contributed by atoms with Crippen LogP contribution in [0.4, 0.5) is 13.2 Å². The van der Waals surface area contributed by atoms with Crippen LogP contribution in [0.3, 0.4) is 0 Å². The third-order valence-corrected chi connectivity index (χ3v) is 3.81. The van der Waals surface area contributed by atoms with Crippen LogP contribution in [0.1, 0.15) is 5.56 Å². The maximum Gasteiger partial charge on any atom is 0.573 e. The van der Waals surface area contributed by atoms with E-state index in [0.717, 1.165) is 10.7 Å². The van der Waals surface area contributed by atoms with E-state index in [2.05, 4.69) is 20.1 Å². The molecule has 0 fully saturated rings. The molecule has 29 heavy (non-hydrogen) atoms. The van der Waals surface area contributed by atoms with Crippen LogP contribution in [0.25, 0.3) is 11.3 Å². The smallest absolute Gasteiger partial charge is 0.405 e. The van der Waals surface area contributed by atoms with Gasteiger partial charge >= 0.3 is 6.36 Å². The van der Waals surface area contributed by atoms with E-state index in [1.54, 1.807) is 24.5 Å². The topological polar surface area (TPSA) is 86.1 Å². The Morgan fingerprint density at radius 3 is 2.52 bits per heavy atom. The molecule has 1 amide bonds. The van der Waals surface area contributed by atoms with E-state index in [4.69, 9.17) is 0 Å². The molecular formula is C19H15F3N4O3. The molecule has 0 aliphatic carbocycles. The van der Waals surface area contributed by atoms with Crippen molar-refractivity contribution in [2.45, 2.75) is 19.5 Å². The highest BCUT2D eigenvalue weighted by Crippen LogP contribution is 2.26. The first-order valence-corrected chi connectivity index (χ1v) is 8.41. The minimum absolute atomic E-state index is 0.143. The van der Waals surface area contributed by atoms with Gasteiger partial charge in [-0.15, -0.1) is 13.2 Å². The van der Waals surface area contributed by atoms with Gasteiger partial charge in [-0.1, -0.05) is 18.2 Å². The van der Waals surface area contributed by atoms with Crippen molar-refractivity contribution in [3.8, 4) is 17.0 Å². The van der Waals surface area contributed by atoms with Gasteiger partial charge in [-0.25, -0.2) is 4.68 Å². The molecule has 3 aromatic rings. The molecule has 0 saturated heterocycles. The van der Waals surface area contributed by atoms with Gasteiger partial charge in [-0.2, -0.15) is 5.10 Å². The summed E-state index contributed by atoms with van der Waals surface area (Å²) in [5.74, 6) is -0.997. The summed E-state index contributed by atoms with van der Waals surface area (Å²) in [6.07, 6.45) is -1.70. The molecule has 2 aromatic heterocycles. The summed E-state index contributed by atoms with van der Waals surface area (Å²) in [5, 5.41) is 6.61. The van der Waals surface area contributed by atoms with Crippen molar-refractivity contribution in [3.63, 3.8) is 0 Å². The van der Waals surface area contributed by atoms with Crippen molar-refractivity contribution < 1.29 is 22.7 Å². The number of aromatic nitrogens is 3. The lowest BCUT2D eigenvalue weighted by atomic mass is 10.2. The molecule has 150 valence electrons. The molecule has 3 rings (SSSR count). The lowest BCUT2D eigenvalue weighted by molar-refractivity contribution is -0.274. The van der Waals surface area contributed by atoms with Gasteiger partial charge in [0.15, 0.2) is 0 Å². The lowest BCUT2D eigenvalue weighted by Crippen LogP contribution is -2.33. The van der Waals surface area contributed by atoms with E-state index in [1.807, 2.05) is 0 Å². The molecule has 0 aliphatic heterocycles. The van der Waals surface area contributed by atoms with Crippen LogP contribution in [0.2, 0.25) is 0 Å². The van der Waals surface area contributed by atoms with Crippen LogP contribution < -0.4 is 15.6 Å². The number of alkyl halides is 3. The number of carbonyl (C=O) groups excluding carboxylic acids is 1. The predicted octanol–water partition coefficient (Wildman–Crippen LogP) is 2.52. The molecule has 0 saturated carbocycles. The van der Waals surface area contributed by atoms with Gasteiger partial charge < -0.3 is 10.1 Å². The molecular weight excluding hydrogens is 389 g/mol. The number of nitrogens with zero attached hydrogens (tertiary/aromatic N) is 3. The number of amides is 1. The second kappa shape index (κ2) is 8.55. The van der Waals surface area contributed by atoms with Crippen LogP contribution in [0.15, 0.2) is 65.7 Å². The first-order valence-electron chi connectivity index (χ1n) is 8.41. The minimum atomic E-state index is -4.84. The number of para-hydroxylation sites is 1. The second-order valence-electron chi connectivity index (χ2n) is 5.88. The summed E-state index contributed by atoms with van der Waals surface area (Å²) in [4.78, 5) is 28.1. The summed E-state index contributed by atoms with van der Waals surface area (Å²) < 4.78 is 42.3. The average Bonchev–Trinajstić information content (AvgIpc) is 2.68. The Bertz CT molecular complexity index is 1050. The van der Waals surface area contributed by atoms with Crippen LogP contribution in [0, 0.1) is 0 Å². The first-order chi connectivity index (χ1) is 13.8. The molecule has 1 aromatic carbocycles. The van der Waals surface area contributed by atoms with E-state index in [0.29, 0.717) is 11.3 Å². The van der Waals surface area contributed by atoms with Crippen LogP contribution in [0.5, 0.6) is 5.75 Å². The van der Waals surface area contributed by atoms with Crippen molar-refractivity contribution in [3.05, 3.63) is 76.8 Å². The van der Waals surface area contributed by atoms with E-state index < -0.39 is 23.6 Å². The maximum atomic E-state index is 12.5. The molecule has 10 heteroatoms. The fraction of sp³-hybridized carbons (Fsp3) is 0.158. The third-order valence-electron chi connectivity index (χ3n) is 3.81. The van der Waals surface area contributed by atoms with Gasteiger partial charge in [0.05, 0.1) is 5.69 Å². The Labute approximate surface area is 162 Å². The zero-order chi connectivity index (χ0) is 20.9. The minimum Gasteiger partial charge on any atom is -0.405 e. The van der Waals surface area contributed by atoms with E-state index in [1.165, 1.54) is 30.3 Å². The van der Waals surface area contributed by atoms with E-state index in [-0.39, 0.29) is 18.7 Å². The van der Waals surface area contributed by atoms with Crippen LogP contribution in [-0.2, 0) is 17.9 Å². The van der Waals surface area contributed by atoms with E-state index >= 15 is 0 Å². The van der Waals surface area contributed by atoms with Gasteiger partial charge in [-0.05, 0) is 24.3 Å². The molecule has 0 atom stereocenters. The quantitative estimate of drug-likeness (QED) is 0.682. The van der Waals surface area contributed by atoms with Gasteiger partial charge in [0.25, 0.3) is 5.56 Å². The van der Waals surface area contributed by atoms with Gasteiger partial charge in [0.2, 0.25) is 5.91 Å². The summed E-state index contributed by atoms with van der Waals surface area (Å²) in [5.41, 5.74) is 0.846. The highest BCUT2D eigenvalue weighted by Gasteiger charge is 2.32. The van der Waals surface area contributed by atoms with Crippen LogP contribution in [-0.4, -0.2) is 27.0 Å². The Balaban J connectivity index is 1.69. The average molecular weight is 404 g/mol. The van der Waals surface area contributed by atoms with Crippen molar-refractivity contribution >= 4 is 5.91 Å². The first kappa shape index (κ1) is 20.1. The number of hydrogen-bond donors (Lipinski definition) is 1. The molecule has 0 unspecified atom stereocenters. The monoisotopic (exact) mass is 404 g/mol. The summed E-state index contributed by atoms with van der Waals surface area (Å²) >= 11 is 0. The Kier molecular flexibility index (Phi) is 5.91. The van der Waals surface area contributed by atoms with Crippen molar-refractivity contribution in [1.29, 1.82) is 0 Å². The number of hydrogen-bond acceptors (Lipinski definition) is 5. The zero-order valence-corrected chi connectivity index (χ0v) is 14.9. The normalized spacial score (nSPS) is 11.1. The third kappa shape index (κ3) is 5.64. The number of carbonyl (C=O) groups is 1. The largest absolute Gasteiger partial charge is 0.573 e. The molecule has 2 heterocycles. The predicted molar refractivity (Wildman–Crippen MR) is 96.7 cm³/mol. The Morgan fingerprint density at radius 1 is 1.07 bits per heavy atom. The van der Waals surface area contributed by atoms with Crippen molar-refractivity contribution in [1.82, 2.24) is 20.1 Å². The molecule has 0 radical (unpaired) electrons. The van der Waals surface area contributed by atoms with Crippen molar-refractivity contribution in [2.24, 2.45) is 0 Å². The number of ether oxygens (including phenoxy) is 1. The van der Waals surface area contributed by atoms with Crippen molar-refractivity contribution in [2.75, 3.05) is 0 Å². The number of rotatable bonds is 6. The number of halogens is 3. The fourth-order valence-electron chi connectivity index (χ4n) is 2.50. The SMILES string of the molecule is O=C(Cn1nc(-c2ccncc2)ccc1=O)NCc1ccccc1OC(F)(F)F. The summed E-state index contributed by atoms with van der Waals surface area (Å²) in [6, 6.07) is 11.7. The zero-order valence-electron chi connectivity index (χ0n) is 14.9. The highest BCUT2D eigenvalue weighted by atomic mass is 19.4. The second-order valence-corrected chi connectivity index (χ2v) is 5.88. The van der Waals surface area contributed by atoms with Gasteiger partial charge in [-0.3, -0.25) is 14.6 Å². The van der Waals surface area contributed by atoms with Gasteiger partial charge in [0, 0.05) is 36.1 Å². The van der Waals surface area contributed by atoms with E-state index in [9.17, 15) is 22.8 Å². The Hall–Kier alpha value is -3.69. The molecule has 7 nitrogen and oxygen atoms in total. The standard InChI is InChI=1S/C19H15F3N4O3/c20-19(21,22)29-16-4-2-1-3-14(16)11-24-17(27)12-26-18(28)6-5-15(25-26)13-7-9-23-10-8-13/h1-10H,11-12H2,(H,24,27). The number of benzene rings is 1. The lowest BCUT2D eigenvalue weighted by Gasteiger charge is -2.14. The molecule has 0 bridgehead atoms. The maximum absolute atomic E-state index is 12.5. The fourth-order valence-corrected chi connectivity index (χ4v) is 2.50. The van der Waals surface area contributed by atoms with Crippen LogP contribution >= 0.6 is 0 Å². The van der Waals surface area contributed by atoms with Gasteiger partial charge in [0.1, 0.15) is 12.3 Å². The molecule has 0 spiro atoms. The number of nitrogens with one attached hydrogen (secondary N) is 1. The molecule has 0 aliphatic rings. The molecule has 1 N–H and O–H groups in total. The number of pyridine rings is 1. The summed E-state index contributed by atoms with van der Waals surface area (Å²) in [6.45, 7) is -0.593. The summed E-state index contributed by atoms with van der Waals surface area (Å²) in [7, 11) is 0. The highest BCUT2D eigenvalue weighted by molar-refractivity contribution is 5.75. The Morgan fingerprint density at radius 2 is 1.79 bits per heavy atom.